The number of hydrogen-bond acceptors (Lipinski definition) is 3. The first-order valence-corrected chi connectivity index (χ1v) is 8.51. The van der Waals surface area contributed by atoms with E-state index in [1.54, 1.807) is 0 Å². The maximum atomic E-state index is 12.3. The zero-order valence-electron chi connectivity index (χ0n) is 12.4. The van der Waals surface area contributed by atoms with Gasteiger partial charge in [0.15, 0.2) is 0 Å². The van der Waals surface area contributed by atoms with E-state index in [9.17, 15) is 4.79 Å². The molecule has 0 saturated carbocycles. The Labute approximate surface area is 127 Å². The van der Waals surface area contributed by atoms with Crippen LogP contribution < -0.4 is 0 Å². The Bertz CT molecular complexity index is 296. The van der Waals surface area contributed by atoms with E-state index in [1.165, 1.54) is 12.8 Å². The molecule has 2 aliphatic rings. The lowest BCUT2D eigenvalue weighted by Crippen LogP contribution is -2.36. The summed E-state index contributed by atoms with van der Waals surface area (Å²) in [4.78, 5) is 16.7. The summed E-state index contributed by atoms with van der Waals surface area (Å²) in [6.07, 6.45) is 6.44. The summed E-state index contributed by atoms with van der Waals surface area (Å²) < 4.78 is 5.70. The molecule has 1 atom stereocenters. The van der Waals surface area contributed by atoms with Crippen molar-refractivity contribution in [1.82, 2.24) is 9.80 Å². The first-order valence-electron chi connectivity index (χ1n) is 7.97. The van der Waals surface area contributed by atoms with Crippen molar-refractivity contribution in [2.24, 2.45) is 0 Å². The van der Waals surface area contributed by atoms with E-state index in [2.05, 4.69) is 4.90 Å². The fourth-order valence-electron chi connectivity index (χ4n) is 3.04. The molecule has 0 N–H and O–H groups in total. The van der Waals surface area contributed by atoms with Gasteiger partial charge in [0.25, 0.3) is 0 Å². The number of hydrogen-bond donors (Lipinski definition) is 0. The number of carbonyl (C=O) groups is 1. The Balaban J connectivity index is 1.69. The summed E-state index contributed by atoms with van der Waals surface area (Å²) in [7, 11) is 0. The molecule has 20 heavy (non-hydrogen) atoms. The minimum absolute atomic E-state index is 0.298. The minimum atomic E-state index is 0.298. The largest absolute Gasteiger partial charge is 0.378 e. The highest BCUT2D eigenvalue weighted by molar-refractivity contribution is 6.18. The Hall–Kier alpha value is -0.320. The lowest BCUT2D eigenvalue weighted by molar-refractivity contribution is -0.132. The summed E-state index contributed by atoms with van der Waals surface area (Å²) in [6, 6.07) is 0. The molecule has 0 aromatic carbocycles. The summed E-state index contributed by atoms with van der Waals surface area (Å²) in [5, 5.41) is 0. The minimum Gasteiger partial charge on any atom is -0.378 e. The molecule has 2 saturated heterocycles. The van der Waals surface area contributed by atoms with E-state index in [0.717, 1.165) is 58.6 Å². The second kappa shape index (κ2) is 8.85. The Morgan fingerprint density at radius 2 is 2.05 bits per heavy atom. The van der Waals surface area contributed by atoms with E-state index < -0.39 is 0 Å². The van der Waals surface area contributed by atoms with Crippen LogP contribution in [0.25, 0.3) is 0 Å². The van der Waals surface area contributed by atoms with Crippen LogP contribution in [-0.2, 0) is 9.53 Å². The van der Waals surface area contributed by atoms with Gasteiger partial charge in [-0.25, -0.2) is 0 Å². The third kappa shape index (κ3) is 5.23. The SMILES string of the molecule is O=C(CCC1CCCCO1)N1CCCN(CCCl)CC1. The molecule has 0 aromatic heterocycles. The molecule has 1 amide bonds. The van der Waals surface area contributed by atoms with Crippen molar-refractivity contribution in [3.05, 3.63) is 0 Å². The molecule has 0 aromatic rings. The molecule has 116 valence electrons. The molecule has 0 radical (unpaired) electrons. The van der Waals surface area contributed by atoms with Gasteiger partial charge in [0.1, 0.15) is 0 Å². The van der Waals surface area contributed by atoms with Gasteiger partial charge in [0, 0.05) is 45.1 Å². The highest BCUT2D eigenvalue weighted by atomic mass is 35.5. The average molecular weight is 303 g/mol. The Morgan fingerprint density at radius 3 is 2.80 bits per heavy atom. The Kier molecular flexibility index (Phi) is 7.11. The number of halogens is 1. The van der Waals surface area contributed by atoms with Crippen LogP contribution in [0.2, 0.25) is 0 Å². The second-order valence-electron chi connectivity index (χ2n) is 5.79. The molecular formula is C15H27ClN2O2. The highest BCUT2D eigenvalue weighted by Crippen LogP contribution is 2.17. The topological polar surface area (TPSA) is 32.8 Å². The standard InChI is InChI=1S/C15H27ClN2O2/c16-7-10-17-8-3-9-18(12-11-17)15(19)6-5-14-4-1-2-13-20-14/h14H,1-13H2. The van der Waals surface area contributed by atoms with Crippen molar-refractivity contribution in [1.29, 1.82) is 0 Å². The monoisotopic (exact) mass is 302 g/mol. The van der Waals surface area contributed by atoms with Crippen LogP contribution in [0.1, 0.15) is 38.5 Å². The van der Waals surface area contributed by atoms with Crippen LogP contribution in [0.5, 0.6) is 0 Å². The molecule has 1 unspecified atom stereocenters. The molecule has 2 fully saturated rings. The molecular weight excluding hydrogens is 276 g/mol. The van der Waals surface area contributed by atoms with Gasteiger partial charge >= 0.3 is 0 Å². The van der Waals surface area contributed by atoms with Crippen molar-refractivity contribution in [2.45, 2.75) is 44.6 Å². The summed E-state index contributed by atoms with van der Waals surface area (Å²) >= 11 is 5.79. The molecule has 5 heteroatoms. The van der Waals surface area contributed by atoms with Crippen LogP contribution in [0, 0.1) is 0 Å². The summed E-state index contributed by atoms with van der Waals surface area (Å²) in [5.74, 6) is 0.972. The van der Waals surface area contributed by atoms with Crippen molar-refractivity contribution >= 4 is 17.5 Å². The zero-order valence-corrected chi connectivity index (χ0v) is 13.1. The van der Waals surface area contributed by atoms with Crippen LogP contribution in [0.4, 0.5) is 0 Å². The number of carbonyl (C=O) groups excluding carboxylic acids is 1. The van der Waals surface area contributed by atoms with Crippen LogP contribution >= 0.6 is 11.6 Å². The quantitative estimate of drug-likeness (QED) is 0.729. The van der Waals surface area contributed by atoms with Gasteiger partial charge < -0.3 is 14.5 Å². The summed E-state index contributed by atoms with van der Waals surface area (Å²) in [5.41, 5.74) is 0. The predicted octanol–water partition coefficient (Wildman–Crippen LogP) is 2.11. The van der Waals surface area contributed by atoms with E-state index in [-0.39, 0.29) is 0 Å². The van der Waals surface area contributed by atoms with E-state index in [0.29, 0.717) is 24.3 Å². The van der Waals surface area contributed by atoms with Crippen molar-refractivity contribution in [3.8, 4) is 0 Å². The lowest BCUT2D eigenvalue weighted by Gasteiger charge is -2.25. The fraction of sp³-hybridized carbons (Fsp3) is 0.933. The van der Waals surface area contributed by atoms with Crippen LogP contribution in [0.15, 0.2) is 0 Å². The van der Waals surface area contributed by atoms with Gasteiger partial charge in [0.2, 0.25) is 5.91 Å². The van der Waals surface area contributed by atoms with Gasteiger partial charge in [-0.15, -0.1) is 11.6 Å². The average Bonchev–Trinajstić information content (AvgIpc) is 2.72. The predicted molar refractivity (Wildman–Crippen MR) is 81.2 cm³/mol. The van der Waals surface area contributed by atoms with Crippen LogP contribution in [0.3, 0.4) is 0 Å². The normalized spacial score (nSPS) is 25.4. The molecule has 4 nitrogen and oxygen atoms in total. The van der Waals surface area contributed by atoms with E-state index in [1.807, 2.05) is 4.90 Å². The molecule has 0 bridgehead atoms. The van der Waals surface area contributed by atoms with Gasteiger partial charge in [0.05, 0.1) is 6.10 Å². The molecule has 2 aliphatic heterocycles. The van der Waals surface area contributed by atoms with Gasteiger partial charge in [-0.2, -0.15) is 0 Å². The number of alkyl halides is 1. The maximum absolute atomic E-state index is 12.3. The molecule has 0 aliphatic carbocycles. The summed E-state index contributed by atoms with van der Waals surface area (Å²) in [6.45, 7) is 5.56. The van der Waals surface area contributed by atoms with Crippen molar-refractivity contribution in [2.75, 3.05) is 45.2 Å². The first-order chi connectivity index (χ1) is 9.79. The van der Waals surface area contributed by atoms with E-state index >= 15 is 0 Å². The Morgan fingerprint density at radius 1 is 1.15 bits per heavy atom. The number of rotatable bonds is 5. The van der Waals surface area contributed by atoms with Gasteiger partial charge in [-0.1, -0.05) is 0 Å². The fourth-order valence-corrected chi connectivity index (χ4v) is 3.28. The zero-order chi connectivity index (χ0) is 14.2. The van der Waals surface area contributed by atoms with Crippen molar-refractivity contribution in [3.63, 3.8) is 0 Å². The van der Waals surface area contributed by atoms with Crippen molar-refractivity contribution < 1.29 is 9.53 Å². The van der Waals surface area contributed by atoms with E-state index in [4.69, 9.17) is 16.3 Å². The molecule has 2 rings (SSSR count). The second-order valence-corrected chi connectivity index (χ2v) is 6.17. The smallest absolute Gasteiger partial charge is 0.222 e. The maximum Gasteiger partial charge on any atom is 0.222 e. The number of ether oxygens (including phenoxy) is 1. The lowest BCUT2D eigenvalue weighted by atomic mass is 10.0. The van der Waals surface area contributed by atoms with Crippen LogP contribution in [-0.4, -0.2) is 67.0 Å². The number of nitrogens with zero attached hydrogens (tertiary/aromatic N) is 2. The van der Waals surface area contributed by atoms with Gasteiger partial charge in [-0.05, 0) is 38.6 Å². The van der Waals surface area contributed by atoms with Gasteiger partial charge in [-0.3, -0.25) is 4.79 Å². The first kappa shape index (κ1) is 16.1. The third-order valence-corrected chi connectivity index (χ3v) is 4.47. The molecule has 2 heterocycles. The number of amides is 1. The third-order valence-electron chi connectivity index (χ3n) is 4.30. The highest BCUT2D eigenvalue weighted by Gasteiger charge is 2.21. The molecule has 0 spiro atoms.